The number of nitrogens with zero attached hydrogens (tertiary/aromatic N) is 5. The van der Waals surface area contributed by atoms with E-state index in [0.717, 1.165) is 0 Å². The van der Waals surface area contributed by atoms with Crippen molar-refractivity contribution in [2.45, 2.75) is 26.4 Å². The molecule has 0 amide bonds. The highest BCUT2D eigenvalue weighted by molar-refractivity contribution is 5.32. The highest BCUT2D eigenvalue weighted by Crippen LogP contribution is 2.10. The van der Waals surface area contributed by atoms with E-state index in [0.29, 0.717) is 24.8 Å². The third kappa shape index (κ3) is 4.05. The second kappa shape index (κ2) is 5.94. The van der Waals surface area contributed by atoms with E-state index in [1.165, 1.54) is 6.33 Å². The quantitative estimate of drug-likeness (QED) is 0.757. The largest absolute Gasteiger partial charge is 0.461 e. The van der Waals surface area contributed by atoms with Crippen LogP contribution in [-0.2, 0) is 6.42 Å². The van der Waals surface area contributed by atoms with Gasteiger partial charge in [0.2, 0.25) is 17.8 Å². The second-order valence-electron chi connectivity index (χ2n) is 3.98. The van der Waals surface area contributed by atoms with Crippen molar-refractivity contribution in [3.05, 3.63) is 12.2 Å². The van der Waals surface area contributed by atoms with Gasteiger partial charge in [-0.05, 0) is 13.8 Å². The topological polar surface area (TPSA) is 125 Å². The molecule has 0 bridgehead atoms. The van der Waals surface area contributed by atoms with E-state index in [2.05, 4.69) is 30.4 Å². The third-order valence-corrected chi connectivity index (χ3v) is 2.00. The average molecular weight is 265 g/mol. The van der Waals surface area contributed by atoms with Crippen molar-refractivity contribution in [1.82, 2.24) is 25.1 Å². The van der Waals surface area contributed by atoms with Gasteiger partial charge < -0.3 is 20.3 Å². The van der Waals surface area contributed by atoms with Crippen LogP contribution in [0.15, 0.2) is 10.9 Å². The molecule has 2 rings (SSSR count). The lowest BCUT2D eigenvalue weighted by atomic mass is 10.4. The zero-order chi connectivity index (χ0) is 13.7. The van der Waals surface area contributed by atoms with Gasteiger partial charge in [0.15, 0.2) is 6.33 Å². The number of hydrogen-bond donors (Lipinski definition) is 2. The number of rotatable bonds is 6. The van der Waals surface area contributed by atoms with Crippen molar-refractivity contribution in [1.29, 1.82) is 0 Å². The summed E-state index contributed by atoms with van der Waals surface area (Å²) in [6, 6.07) is 0.197. The Morgan fingerprint density at radius 1 is 1.37 bits per heavy atom. The van der Waals surface area contributed by atoms with E-state index in [1.807, 2.05) is 13.8 Å². The van der Waals surface area contributed by atoms with Gasteiger partial charge in [-0.1, -0.05) is 5.16 Å². The maximum absolute atomic E-state index is 5.58. The molecule has 0 saturated carbocycles. The molecule has 0 aromatic carbocycles. The molecule has 0 unspecified atom stereocenters. The fraction of sp³-hybridized carbons (Fsp3) is 0.500. The summed E-state index contributed by atoms with van der Waals surface area (Å²) in [6.07, 6.45) is 1.88. The molecule has 0 saturated heterocycles. The predicted octanol–water partition coefficient (Wildman–Crippen LogP) is 0.279. The van der Waals surface area contributed by atoms with Crippen LogP contribution in [0.25, 0.3) is 0 Å². The van der Waals surface area contributed by atoms with Crippen LogP contribution in [0.1, 0.15) is 19.7 Å². The third-order valence-electron chi connectivity index (χ3n) is 2.00. The van der Waals surface area contributed by atoms with Gasteiger partial charge in [0.25, 0.3) is 0 Å². The molecule has 0 aliphatic heterocycles. The number of anilines is 2. The van der Waals surface area contributed by atoms with Crippen LogP contribution in [0.2, 0.25) is 0 Å². The maximum Gasteiger partial charge on any atom is 0.323 e. The van der Waals surface area contributed by atoms with Crippen molar-refractivity contribution < 1.29 is 9.26 Å². The van der Waals surface area contributed by atoms with Crippen molar-refractivity contribution in [2.75, 3.05) is 17.6 Å². The minimum Gasteiger partial charge on any atom is -0.461 e. The zero-order valence-corrected chi connectivity index (χ0v) is 10.7. The molecule has 19 heavy (non-hydrogen) atoms. The number of hydrogen-bond acceptors (Lipinski definition) is 9. The summed E-state index contributed by atoms with van der Waals surface area (Å²) >= 11 is 0. The predicted molar refractivity (Wildman–Crippen MR) is 66.5 cm³/mol. The van der Waals surface area contributed by atoms with Gasteiger partial charge in [0.05, 0.1) is 6.10 Å². The molecule has 2 heterocycles. The van der Waals surface area contributed by atoms with Crippen molar-refractivity contribution in [3.8, 4) is 6.01 Å². The molecule has 9 heteroatoms. The number of aromatic nitrogens is 5. The Balaban J connectivity index is 1.93. The van der Waals surface area contributed by atoms with Gasteiger partial charge in [0.1, 0.15) is 0 Å². The van der Waals surface area contributed by atoms with Crippen LogP contribution in [-0.4, -0.2) is 37.7 Å². The lowest BCUT2D eigenvalue weighted by molar-refractivity contribution is 0.222. The summed E-state index contributed by atoms with van der Waals surface area (Å²) in [5.41, 5.74) is 5.58. The minimum atomic E-state index is -0.0342. The normalized spacial score (nSPS) is 10.7. The molecular weight excluding hydrogens is 250 g/mol. The smallest absolute Gasteiger partial charge is 0.323 e. The van der Waals surface area contributed by atoms with Gasteiger partial charge in [-0.3, -0.25) is 0 Å². The number of nitrogens with one attached hydrogen (secondary N) is 1. The summed E-state index contributed by atoms with van der Waals surface area (Å²) in [7, 11) is 0. The van der Waals surface area contributed by atoms with E-state index < -0.39 is 0 Å². The Morgan fingerprint density at radius 2 is 2.21 bits per heavy atom. The minimum absolute atomic E-state index is 0.0342. The van der Waals surface area contributed by atoms with Crippen molar-refractivity contribution in [2.24, 2.45) is 0 Å². The maximum atomic E-state index is 5.58. The van der Waals surface area contributed by atoms with Crippen LogP contribution in [0.3, 0.4) is 0 Å². The van der Waals surface area contributed by atoms with Gasteiger partial charge in [0, 0.05) is 13.0 Å². The highest BCUT2D eigenvalue weighted by atomic mass is 16.5. The zero-order valence-electron chi connectivity index (χ0n) is 10.7. The molecule has 0 aliphatic carbocycles. The number of nitrogens with two attached hydrogens (primary N) is 1. The van der Waals surface area contributed by atoms with Crippen LogP contribution >= 0.6 is 0 Å². The first kappa shape index (κ1) is 13.0. The summed E-state index contributed by atoms with van der Waals surface area (Å²) in [6.45, 7) is 4.29. The number of nitrogen functional groups attached to an aromatic ring is 1. The van der Waals surface area contributed by atoms with E-state index in [4.69, 9.17) is 15.0 Å². The Bertz CT molecular complexity index is 515. The molecular formula is C10H15N7O2. The lowest BCUT2D eigenvalue weighted by Crippen LogP contribution is -2.14. The average Bonchev–Trinajstić information content (AvgIpc) is 2.80. The summed E-state index contributed by atoms with van der Waals surface area (Å²) < 4.78 is 10.2. The van der Waals surface area contributed by atoms with Crippen LogP contribution in [0.5, 0.6) is 6.01 Å². The standard InChI is InChI=1S/C10H15N7O2/c1-6(2)18-10-16-8(11)15-9(17-10)12-4-3-7-13-5-14-19-7/h5-6H,3-4H2,1-2H3,(H3,11,12,15,16,17). The molecule has 2 aromatic heterocycles. The fourth-order valence-electron chi connectivity index (χ4n) is 1.30. The Kier molecular flexibility index (Phi) is 4.06. The molecule has 102 valence electrons. The number of ether oxygens (including phenoxy) is 1. The molecule has 0 spiro atoms. The molecule has 9 nitrogen and oxygen atoms in total. The molecule has 0 radical (unpaired) electrons. The first-order chi connectivity index (χ1) is 9.13. The van der Waals surface area contributed by atoms with Crippen molar-refractivity contribution >= 4 is 11.9 Å². The van der Waals surface area contributed by atoms with E-state index >= 15 is 0 Å². The fourth-order valence-corrected chi connectivity index (χ4v) is 1.30. The van der Waals surface area contributed by atoms with Crippen LogP contribution in [0, 0.1) is 0 Å². The van der Waals surface area contributed by atoms with Gasteiger partial charge in [-0.15, -0.1) is 0 Å². The van der Waals surface area contributed by atoms with Crippen LogP contribution in [0.4, 0.5) is 11.9 Å². The van der Waals surface area contributed by atoms with Gasteiger partial charge >= 0.3 is 6.01 Å². The Hall–Kier alpha value is -2.45. The summed E-state index contributed by atoms with van der Waals surface area (Å²) in [5, 5.41) is 6.50. The monoisotopic (exact) mass is 265 g/mol. The SMILES string of the molecule is CC(C)Oc1nc(N)nc(NCCc2ncno2)n1. The molecule has 3 N–H and O–H groups in total. The Labute approximate surface area is 109 Å². The second-order valence-corrected chi connectivity index (χ2v) is 3.98. The van der Waals surface area contributed by atoms with E-state index in [9.17, 15) is 0 Å². The summed E-state index contributed by atoms with van der Waals surface area (Å²) in [5.74, 6) is 0.988. The molecule has 0 fully saturated rings. The summed E-state index contributed by atoms with van der Waals surface area (Å²) in [4.78, 5) is 15.8. The Morgan fingerprint density at radius 3 is 2.89 bits per heavy atom. The first-order valence-corrected chi connectivity index (χ1v) is 5.81. The highest BCUT2D eigenvalue weighted by Gasteiger charge is 2.07. The van der Waals surface area contributed by atoms with Crippen LogP contribution < -0.4 is 15.8 Å². The van der Waals surface area contributed by atoms with Gasteiger partial charge in [-0.25, -0.2) is 0 Å². The van der Waals surface area contributed by atoms with Crippen molar-refractivity contribution in [3.63, 3.8) is 0 Å². The lowest BCUT2D eigenvalue weighted by Gasteiger charge is -2.09. The van der Waals surface area contributed by atoms with E-state index in [1.54, 1.807) is 0 Å². The van der Waals surface area contributed by atoms with E-state index in [-0.39, 0.29) is 18.1 Å². The molecule has 2 aromatic rings. The molecule has 0 atom stereocenters. The molecule has 0 aliphatic rings. The van der Waals surface area contributed by atoms with Gasteiger partial charge in [-0.2, -0.15) is 19.9 Å². The first-order valence-electron chi connectivity index (χ1n) is 5.81.